The molecule has 0 aliphatic carbocycles. The first-order valence-corrected chi connectivity index (χ1v) is 10.0. The van der Waals surface area contributed by atoms with Gasteiger partial charge in [0.05, 0.1) is 5.69 Å². The fourth-order valence-electron chi connectivity index (χ4n) is 3.17. The molecule has 0 aliphatic rings. The Kier molecular flexibility index (Phi) is 9.93. The van der Waals surface area contributed by atoms with Gasteiger partial charge in [-0.15, -0.1) is 24.0 Å². The molecule has 31 heavy (non-hydrogen) atoms. The average Bonchev–Trinajstić information content (AvgIpc) is 3.27. The Hall–Kier alpha value is -2.46. The molecule has 0 amide bonds. The average molecular weight is 536 g/mol. The van der Waals surface area contributed by atoms with E-state index in [-0.39, 0.29) is 29.8 Å². The van der Waals surface area contributed by atoms with Gasteiger partial charge in [0.1, 0.15) is 5.82 Å². The third kappa shape index (κ3) is 7.62. The third-order valence-electron chi connectivity index (χ3n) is 4.69. The number of rotatable bonds is 8. The summed E-state index contributed by atoms with van der Waals surface area (Å²) < 4.78 is 15.8. The second-order valence-corrected chi connectivity index (χ2v) is 7.38. The second kappa shape index (κ2) is 12.4. The number of benzene rings is 2. The van der Waals surface area contributed by atoms with E-state index in [1.165, 1.54) is 11.6 Å². The molecule has 1 aromatic heterocycles. The Morgan fingerprint density at radius 3 is 2.48 bits per heavy atom. The van der Waals surface area contributed by atoms with Crippen LogP contribution in [0.25, 0.3) is 5.69 Å². The number of aromatic nitrogens is 2. The van der Waals surface area contributed by atoms with Gasteiger partial charge in [-0.3, -0.25) is 4.99 Å². The summed E-state index contributed by atoms with van der Waals surface area (Å²) >= 11 is 0. The molecule has 3 rings (SSSR count). The molecule has 6 nitrogen and oxygen atoms in total. The van der Waals surface area contributed by atoms with Crippen LogP contribution in [0.1, 0.15) is 16.7 Å². The lowest BCUT2D eigenvalue weighted by atomic mass is 10.1. The number of nitrogens with zero attached hydrogens (tertiary/aromatic N) is 4. The van der Waals surface area contributed by atoms with Gasteiger partial charge in [-0.1, -0.05) is 18.2 Å². The number of hydrogen-bond acceptors (Lipinski definition) is 3. The zero-order valence-corrected chi connectivity index (χ0v) is 20.5. The highest BCUT2D eigenvalue weighted by Gasteiger charge is 2.06. The summed E-state index contributed by atoms with van der Waals surface area (Å²) in [7, 11) is 5.61. The summed E-state index contributed by atoms with van der Waals surface area (Å²) in [5, 5.41) is 10.9. The zero-order chi connectivity index (χ0) is 21.3. The first kappa shape index (κ1) is 24.8. The predicted molar refractivity (Wildman–Crippen MR) is 135 cm³/mol. The van der Waals surface area contributed by atoms with Gasteiger partial charge in [-0.25, -0.2) is 9.07 Å². The highest BCUT2D eigenvalue weighted by atomic mass is 127. The van der Waals surface area contributed by atoms with Gasteiger partial charge in [0.25, 0.3) is 0 Å². The molecule has 0 radical (unpaired) electrons. The fraction of sp³-hybridized carbons (Fsp3) is 0.304. The summed E-state index contributed by atoms with van der Waals surface area (Å²) in [5.41, 5.74) is 3.99. The Morgan fingerprint density at radius 1 is 1.10 bits per heavy atom. The third-order valence-corrected chi connectivity index (χ3v) is 4.69. The van der Waals surface area contributed by atoms with Gasteiger partial charge < -0.3 is 15.5 Å². The van der Waals surface area contributed by atoms with Gasteiger partial charge in [0, 0.05) is 44.6 Å². The van der Waals surface area contributed by atoms with Crippen LogP contribution < -0.4 is 10.6 Å². The first-order chi connectivity index (χ1) is 14.5. The van der Waals surface area contributed by atoms with Crippen LogP contribution in [0.4, 0.5) is 4.39 Å². The second-order valence-electron chi connectivity index (χ2n) is 7.38. The lowest BCUT2D eigenvalue weighted by Crippen LogP contribution is -2.37. The summed E-state index contributed by atoms with van der Waals surface area (Å²) in [6.45, 7) is 1.92. The standard InChI is InChI=1S/C23H29FN6.HI/c1-25-23(27-16-19-7-10-22(24)20(15-19)17-29(2)3)26-13-11-18-5-8-21(9-6-18)30-14-4-12-28-30;/h4-10,12,14-15H,11,13,16-17H2,1-3H3,(H2,25,26,27);1H. The summed E-state index contributed by atoms with van der Waals surface area (Å²) in [6, 6.07) is 15.5. The van der Waals surface area contributed by atoms with Crippen LogP contribution >= 0.6 is 24.0 Å². The van der Waals surface area contributed by atoms with E-state index in [9.17, 15) is 4.39 Å². The smallest absolute Gasteiger partial charge is 0.191 e. The molecule has 8 heteroatoms. The van der Waals surface area contributed by atoms with Crippen LogP contribution in [0.5, 0.6) is 0 Å². The SMILES string of the molecule is CN=C(NCCc1ccc(-n2cccn2)cc1)NCc1ccc(F)c(CN(C)C)c1.I. The van der Waals surface area contributed by atoms with E-state index in [0.29, 0.717) is 18.7 Å². The van der Waals surface area contributed by atoms with Crippen molar-refractivity contribution < 1.29 is 4.39 Å². The van der Waals surface area contributed by atoms with Crippen molar-refractivity contribution in [2.75, 3.05) is 27.7 Å². The maximum Gasteiger partial charge on any atom is 0.191 e. The molecule has 0 bridgehead atoms. The van der Waals surface area contributed by atoms with E-state index in [4.69, 9.17) is 0 Å². The van der Waals surface area contributed by atoms with E-state index in [2.05, 4.69) is 45.0 Å². The Bertz CT molecular complexity index is 955. The summed E-state index contributed by atoms with van der Waals surface area (Å²) in [4.78, 5) is 6.23. The molecule has 0 saturated carbocycles. The molecule has 2 N–H and O–H groups in total. The largest absolute Gasteiger partial charge is 0.356 e. The van der Waals surface area contributed by atoms with Crippen molar-refractivity contribution in [3.8, 4) is 5.69 Å². The number of aliphatic imine (C=N–C) groups is 1. The molecule has 3 aromatic rings. The van der Waals surface area contributed by atoms with Crippen molar-refractivity contribution in [1.29, 1.82) is 0 Å². The van der Waals surface area contributed by atoms with Crippen molar-refractivity contribution in [3.05, 3.63) is 83.4 Å². The minimum absolute atomic E-state index is 0. The van der Waals surface area contributed by atoms with Crippen molar-refractivity contribution >= 4 is 29.9 Å². The number of hydrogen-bond donors (Lipinski definition) is 2. The maximum atomic E-state index is 13.9. The topological polar surface area (TPSA) is 57.5 Å². The summed E-state index contributed by atoms with van der Waals surface area (Å²) in [5.74, 6) is 0.551. The van der Waals surface area contributed by atoms with E-state index in [1.807, 2.05) is 42.0 Å². The van der Waals surface area contributed by atoms with Crippen LogP contribution in [0, 0.1) is 5.82 Å². The van der Waals surface area contributed by atoms with Crippen LogP contribution in [0.2, 0.25) is 0 Å². The van der Waals surface area contributed by atoms with E-state index in [0.717, 1.165) is 30.2 Å². The lowest BCUT2D eigenvalue weighted by Gasteiger charge is -2.14. The van der Waals surface area contributed by atoms with Crippen LogP contribution in [0.15, 0.2) is 65.9 Å². The molecule has 0 aliphatic heterocycles. The van der Waals surface area contributed by atoms with E-state index >= 15 is 0 Å². The molecule has 0 saturated heterocycles. The lowest BCUT2D eigenvalue weighted by molar-refractivity contribution is 0.392. The fourth-order valence-corrected chi connectivity index (χ4v) is 3.17. The van der Waals surface area contributed by atoms with Gasteiger partial charge in [0.15, 0.2) is 5.96 Å². The molecule has 0 fully saturated rings. The number of guanidine groups is 1. The molecular formula is C23H30FIN6. The minimum atomic E-state index is -0.173. The number of halogens is 2. The zero-order valence-electron chi connectivity index (χ0n) is 18.2. The molecule has 166 valence electrons. The molecule has 0 unspecified atom stereocenters. The van der Waals surface area contributed by atoms with E-state index in [1.54, 1.807) is 19.3 Å². The van der Waals surface area contributed by atoms with Crippen molar-refractivity contribution in [2.45, 2.75) is 19.5 Å². The number of nitrogens with one attached hydrogen (secondary N) is 2. The van der Waals surface area contributed by atoms with Crippen molar-refractivity contribution in [1.82, 2.24) is 25.3 Å². The quantitative estimate of drug-likeness (QED) is 0.263. The molecule has 0 atom stereocenters. The highest BCUT2D eigenvalue weighted by Crippen LogP contribution is 2.12. The molecule has 1 heterocycles. The Labute approximate surface area is 200 Å². The normalized spacial score (nSPS) is 11.3. The summed E-state index contributed by atoms with van der Waals surface area (Å²) in [6.07, 6.45) is 4.58. The van der Waals surface area contributed by atoms with Gasteiger partial charge >= 0.3 is 0 Å². The molecule has 2 aromatic carbocycles. The van der Waals surface area contributed by atoms with Crippen LogP contribution in [-0.4, -0.2) is 48.3 Å². The Morgan fingerprint density at radius 2 is 1.84 bits per heavy atom. The predicted octanol–water partition coefficient (Wildman–Crippen LogP) is 3.60. The highest BCUT2D eigenvalue weighted by molar-refractivity contribution is 14.0. The monoisotopic (exact) mass is 536 g/mol. The Balaban J connectivity index is 0.00000341. The van der Waals surface area contributed by atoms with Crippen molar-refractivity contribution in [2.24, 2.45) is 4.99 Å². The van der Waals surface area contributed by atoms with Gasteiger partial charge in [0.2, 0.25) is 0 Å². The molecule has 0 spiro atoms. The van der Waals surface area contributed by atoms with Gasteiger partial charge in [-0.05, 0) is 62.0 Å². The van der Waals surface area contributed by atoms with E-state index < -0.39 is 0 Å². The minimum Gasteiger partial charge on any atom is -0.356 e. The van der Waals surface area contributed by atoms with Crippen LogP contribution in [-0.2, 0) is 19.5 Å². The maximum absolute atomic E-state index is 13.9. The van der Waals surface area contributed by atoms with Crippen molar-refractivity contribution in [3.63, 3.8) is 0 Å². The first-order valence-electron chi connectivity index (χ1n) is 10.0. The van der Waals surface area contributed by atoms with Gasteiger partial charge in [-0.2, -0.15) is 5.10 Å². The van der Waals surface area contributed by atoms with Crippen LogP contribution in [0.3, 0.4) is 0 Å². The molecular weight excluding hydrogens is 506 g/mol.